The molecule has 8 nitrogen and oxygen atoms in total. The van der Waals surface area contributed by atoms with Crippen LogP contribution in [0.3, 0.4) is 0 Å². The minimum absolute atomic E-state index is 0.0852. The van der Waals surface area contributed by atoms with E-state index in [-0.39, 0.29) is 5.56 Å². The van der Waals surface area contributed by atoms with E-state index in [2.05, 4.69) is 0 Å². The number of benzene rings is 2. The Kier molecular flexibility index (Phi) is 4.89. The lowest BCUT2D eigenvalue weighted by Gasteiger charge is -2.09. The summed E-state index contributed by atoms with van der Waals surface area (Å²) in [7, 11) is -4.46. The highest BCUT2D eigenvalue weighted by Crippen LogP contribution is 2.16. The third kappa shape index (κ3) is 4.21. The first-order valence-corrected chi connectivity index (χ1v) is 8.34. The molecule has 0 radical (unpaired) electrons. The van der Waals surface area contributed by atoms with Crippen molar-refractivity contribution >= 4 is 27.9 Å². The van der Waals surface area contributed by atoms with Gasteiger partial charge in [-0.15, -0.1) is 0 Å². The molecule has 0 spiro atoms. The van der Waals surface area contributed by atoms with Crippen LogP contribution in [0.2, 0.25) is 0 Å². The number of carboxylic acids is 2. The summed E-state index contributed by atoms with van der Waals surface area (Å²) < 4.78 is 26.4. The van der Waals surface area contributed by atoms with E-state index >= 15 is 0 Å². The summed E-state index contributed by atoms with van der Waals surface area (Å²) in [5, 5.41) is 18.0. The second-order valence-corrected chi connectivity index (χ2v) is 6.84. The maximum Gasteiger partial charge on any atom is 0.335 e. The van der Waals surface area contributed by atoms with Crippen molar-refractivity contribution in [2.45, 2.75) is 11.8 Å². The number of carbonyl (C=O) groups is 3. The third-order valence-corrected chi connectivity index (χ3v) is 4.56. The molecule has 9 heteroatoms. The van der Waals surface area contributed by atoms with Crippen LogP contribution < -0.4 is 4.72 Å². The van der Waals surface area contributed by atoms with Gasteiger partial charge in [-0.05, 0) is 37.3 Å². The molecule has 2 rings (SSSR count). The van der Waals surface area contributed by atoms with Crippen LogP contribution in [0, 0.1) is 6.92 Å². The Morgan fingerprint density at radius 2 is 1.32 bits per heavy atom. The Bertz CT molecular complexity index is 930. The zero-order chi connectivity index (χ0) is 18.8. The van der Waals surface area contributed by atoms with Crippen LogP contribution in [0.15, 0.2) is 47.4 Å². The van der Waals surface area contributed by atoms with Crippen molar-refractivity contribution in [2.75, 3.05) is 0 Å². The topological polar surface area (TPSA) is 138 Å². The van der Waals surface area contributed by atoms with E-state index < -0.39 is 43.9 Å². The minimum Gasteiger partial charge on any atom is -0.478 e. The Morgan fingerprint density at radius 1 is 0.840 bits per heavy atom. The Labute approximate surface area is 142 Å². The molecule has 2 aromatic carbocycles. The van der Waals surface area contributed by atoms with E-state index in [0.717, 1.165) is 23.8 Å². The number of aryl methyl sites for hydroxylation is 1. The van der Waals surface area contributed by atoms with Crippen molar-refractivity contribution in [3.8, 4) is 0 Å². The lowest BCUT2D eigenvalue weighted by atomic mass is 10.1. The number of hydrogen-bond donors (Lipinski definition) is 3. The average Bonchev–Trinajstić information content (AvgIpc) is 2.54. The number of rotatable bonds is 5. The fourth-order valence-corrected chi connectivity index (χ4v) is 2.99. The minimum atomic E-state index is -4.46. The number of sulfonamides is 1. The molecule has 1 amide bonds. The van der Waals surface area contributed by atoms with Gasteiger partial charge in [0, 0.05) is 5.56 Å². The number of nitrogens with one attached hydrogen (secondary N) is 1. The van der Waals surface area contributed by atoms with E-state index in [4.69, 9.17) is 10.2 Å². The highest BCUT2D eigenvalue weighted by Gasteiger charge is 2.22. The van der Waals surface area contributed by atoms with Crippen molar-refractivity contribution in [1.82, 2.24) is 4.72 Å². The summed E-state index contributed by atoms with van der Waals surface area (Å²) in [6, 6.07) is 8.47. The van der Waals surface area contributed by atoms with Crippen LogP contribution in [0.5, 0.6) is 0 Å². The second-order valence-electron chi connectivity index (χ2n) is 5.16. The van der Waals surface area contributed by atoms with E-state index in [0.29, 0.717) is 0 Å². The lowest BCUT2D eigenvalue weighted by molar-refractivity contribution is 0.0696. The maximum atomic E-state index is 12.3. The van der Waals surface area contributed by atoms with Gasteiger partial charge in [-0.2, -0.15) is 0 Å². The molecule has 0 atom stereocenters. The summed E-state index contributed by atoms with van der Waals surface area (Å²) >= 11 is 0. The Hall–Kier alpha value is -3.20. The third-order valence-electron chi connectivity index (χ3n) is 3.25. The summed E-state index contributed by atoms with van der Waals surface area (Å²) in [5.41, 5.74) is -0.0900. The number of amides is 1. The summed E-state index contributed by atoms with van der Waals surface area (Å²) in [6.07, 6.45) is 0. The van der Waals surface area contributed by atoms with Crippen LogP contribution in [-0.4, -0.2) is 36.5 Å². The quantitative estimate of drug-likeness (QED) is 0.732. The smallest absolute Gasteiger partial charge is 0.335 e. The van der Waals surface area contributed by atoms with Gasteiger partial charge in [0.2, 0.25) is 0 Å². The first kappa shape index (κ1) is 18.1. The van der Waals surface area contributed by atoms with Gasteiger partial charge in [-0.1, -0.05) is 17.7 Å². The fraction of sp³-hybridized carbons (Fsp3) is 0.0625. The molecular weight excluding hydrogens is 350 g/mol. The standard InChI is InChI=1S/C16H13NO7S/c1-9-2-4-10(5-3-9)14(18)17-25(23,24)13-7-11(15(19)20)6-12(8-13)16(21)22/h2-8H,1H3,(H,17,18)(H,19,20)(H,21,22). The molecule has 0 aliphatic heterocycles. The highest BCUT2D eigenvalue weighted by atomic mass is 32.2. The SMILES string of the molecule is Cc1ccc(C(=O)NS(=O)(=O)c2cc(C(=O)O)cc(C(=O)O)c2)cc1. The van der Waals surface area contributed by atoms with Crippen molar-refractivity contribution in [2.24, 2.45) is 0 Å². The second kappa shape index (κ2) is 6.73. The maximum absolute atomic E-state index is 12.3. The van der Waals surface area contributed by atoms with Gasteiger partial charge >= 0.3 is 11.9 Å². The first-order valence-electron chi connectivity index (χ1n) is 6.85. The fourth-order valence-electron chi connectivity index (χ4n) is 1.95. The number of aromatic carboxylic acids is 2. The molecule has 130 valence electrons. The Morgan fingerprint density at radius 3 is 1.76 bits per heavy atom. The summed E-state index contributed by atoms with van der Waals surface area (Å²) in [4.78, 5) is 33.5. The van der Waals surface area contributed by atoms with Gasteiger partial charge < -0.3 is 10.2 Å². The van der Waals surface area contributed by atoms with E-state index in [1.807, 2.05) is 0 Å². The zero-order valence-corrected chi connectivity index (χ0v) is 13.7. The van der Waals surface area contributed by atoms with Crippen LogP contribution >= 0.6 is 0 Å². The van der Waals surface area contributed by atoms with E-state index in [9.17, 15) is 22.8 Å². The summed E-state index contributed by atoms with van der Waals surface area (Å²) in [6.45, 7) is 1.79. The number of carbonyl (C=O) groups excluding carboxylic acids is 1. The number of hydrogen-bond acceptors (Lipinski definition) is 5. The monoisotopic (exact) mass is 363 g/mol. The van der Waals surface area contributed by atoms with Gasteiger partial charge in [0.25, 0.3) is 15.9 Å². The lowest BCUT2D eigenvalue weighted by Crippen LogP contribution is -2.31. The van der Waals surface area contributed by atoms with Crippen molar-refractivity contribution in [3.05, 3.63) is 64.7 Å². The molecule has 0 heterocycles. The molecule has 0 unspecified atom stereocenters. The molecular formula is C16H13NO7S. The van der Waals surface area contributed by atoms with E-state index in [1.54, 1.807) is 23.8 Å². The molecule has 0 fully saturated rings. The van der Waals surface area contributed by atoms with Gasteiger partial charge in [-0.25, -0.2) is 22.7 Å². The number of carboxylic acid groups (broad SMARTS) is 2. The van der Waals surface area contributed by atoms with Crippen LogP contribution in [0.25, 0.3) is 0 Å². The largest absolute Gasteiger partial charge is 0.478 e. The zero-order valence-electron chi connectivity index (χ0n) is 12.9. The molecule has 0 aromatic heterocycles. The van der Waals surface area contributed by atoms with Crippen LogP contribution in [0.4, 0.5) is 0 Å². The molecule has 2 aromatic rings. The van der Waals surface area contributed by atoms with Crippen molar-refractivity contribution < 1.29 is 33.0 Å². The molecule has 0 saturated heterocycles. The van der Waals surface area contributed by atoms with Gasteiger partial charge in [-0.3, -0.25) is 4.79 Å². The molecule has 0 saturated carbocycles. The first-order chi connectivity index (χ1) is 11.6. The Balaban J connectivity index is 2.41. The molecule has 3 N–H and O–H groups in total. The van der Waals surface area contributed by atoms with Crippen LogP contribution in [0.1, 0.15) is 36.6 Å². The average molecular weight is 363 g/mol. The van der Waals surface area contributed by atoms with Crippen molar-refractivity contribution in [1.29, 1.82) is 0 Å². The van der Waals surface area contributed by atoms with Crippen molar-refractivity contribution in [3.63, 3.8) is 0 Å². The highest BCUT2D eigenvalue weighted by molar-refractivity contribution is 7.90. The molecule has 0 aliphatic carbocycles. The molecule has 25 heavy (non-hydrogen) atoms. The van der Waals surface area contributed by atoms with Crippen LogP contribution in [-0.2, 0) is 10.0 Å². The van der Waals surface area contributed by atoms with Gasteiger partial charge in [0.15, 0.2) is 0 Å². The predicted octanol–water partition coefficient (Wildman–Crippen LogP) is 1.51. The van der Waals surface area contributed by atoms with Gasteiger partial charge in [0.1, 0.15) is 0 Å². The predicted molar refractivity (Wildman–Crippen MR) is 86.2 cm³/mol. The molecule has 0 aliphatic rings. The summed E-state index contributed by atoms with van der Waals surface area (Å²) in [5.74, 6) is -3.91. The van der Waals surface area contributed by atoms with E-state index in [1.165, 1.54) is 12.1 Å². The van der Waals surface area contributed by atoms with Gasteiger partial charge in [0.05, 0.1) is 16.0 Å². The normalized spacial score (nSPS) is 10.9. The molecule has 0 bridgehead atoms.